The molecule has 0 radical (unpaired) electrons. The van der Waals surface area contributed by atoms with Gasteiger partial charge in [0.2, 0.25) is 0 Å². The molecule has 1 amide bonds. The SMILES string of the molecule is CCN(C(=O)c1nc2cc(C(F)(F)F)ccc2[nH]1)C1CCCC(NCc2ccccc2)C1. The highest BCUT2D eigenvalue weighted by Crippen LogP contribution is 2.31. The van der Waals surface area contributed by atoms with E-state index in [2.05, 4.69) is 27.4 Å². The molecule has 1 saturated carbocycles. The van der Waals surface area contributed by atoms with Gasteiger partial charge in [-0.2, -0.15) is 13.2 Å². The summed E-state index contributed by atoms with van der Waals surface area (Å²) < 4.78 is 39.0. The predicted molar refractivity (Wildman–Crippen MR) is 117 cm³/mol. The highest BCUT2D eigenvalue weighted by molar-refractivity contribution is 5.94. The zero-order chi connectivity index (χ0) is 22.7. The molecule has 1 heterocycles. The van der Waals surface area contributed by atoms with Crippen LogP contribution in [0.3, 0.4) is 0 Å². The molecular weight excluding hydrogens is 417 g/mol. The van der Waals surface area contributed by atoms with Crippen molar-refractivity contribution in [3.63, 3.8) is 0 Å². The number of halogens is 3. The molecule has 4 rings (SSSR count). The number of imidazole rings is 1. The number of nitrogens with one attached hydrogen (secondary N) is 2. The molecule has 1 aliphatic rings. The van der Waals surface area contributed by atoms with E-state index in [0.717, 1.165) is 44.4 Å². The number of fused-ring (bicyclic) bond motifs is 1. The summed E-state index contributed by atoms with van der Waals surface area (Å²) in [7, 11) is 0. The summed E-state index contributed by atoms with van der Waals surface area (Å²) in [5.74, 6) is -0.188. The Kier molecular flexibility index (Phi) is 6.50. The fourth-order valence-corrected chi connectivity index (χ4v) is 4.48. The smallest absolute Gasteiger partial charge is 0.334 e. The molecule has 170 valence electrons. The van der Waals surface area contributed by atoms with Crippen molar-refractivity contribution < 1.29 is 18.0 Å². The van der Waals surface area contributed by atoms with Gasteiger partial charge in [0.15, 0.2) is 5.82 Å². The zero-order valence-electron chi connectivity index (χ0n) is 18.0. The van der Waals surface area contributed by atoms with E-state index in [4.69, 9.17) is 0 Å². The van der Waals surface area contributed by atoms with Gasteiger partial charge in [0.1, 0.15) is 0 Å². The Bertz CT molecular complexity index is 1060. The van der Waals surface area contributed by atoms with Gasteiger partial charge < -0.3 is 15.2 Å². The molecule has 5 nitrogen and oxygen atoms in total. The third-order valence-corrected chi connectivity index (χ3v) is 6.14. The second kappa shape index (κ2) is 9.32. The van der Waals surface area contributed by atoms with Gasteiger partial charge in [0.05, 0.1) is 16.6 Å². The van der Waals surface area contributed by atoms with Gasteiger partial charge in [-0.25, -0.2) is 4.98 Å². The van der Waals surface area contributed by atoms with Crippen LogP contribution in [0.5, 0.6) is 0 Å². The van der Waals surface area contributed by atoms with Crippen LogP contribution in [-0.4, -0.2) is 39.4 Å². The molecule has 2 N–H and O–H groups in total. The Morgan fingerprint density at radius 1 is 1.19 bits per heavy atom. The lowest BCUT2D eigenvalue weighted by Crippen LogP contribution is -2.47. The number of carbonyl (C=O) groups is 1. The first-order valence-electron chi connectivity index (χ1n) is 11.0. The average Bonchev–Trinajstić information content (AvgIpc) is 3.22. The van der Waals surface area contributed by atoms with Crippen LogP contribution in [0, 0.1) is 0 Å². The van der Waals surface area contributed by atoms with Crippen molar-refractivity contribution in [2.75, 3.05) is 6.54 Å². The Hall–Kier alpha value is -2.87. The van der Waals surface area contributed by atoms with E-state index in [9.17, 15) is 18.0 Å². The molecule has 2 unspecified atom stereocenters. The van der Waals surface area contributed by atoms with E-state index >= 15 is 0 Å². The minimum absolute atomic E-state index is 0.0634. The van der Waals surface area contributed by atoms with Crippen LogP contribution < -0.4 is 5.32 Å². The van der Waals surface area contributed by atoms with E-state index in [0.29, 0.717) is 18.1 Å². The second-order valence-electron chi connectivity index (χ2n) is 8.29. The summed E-state index contributed by atoms with van der Waals surface area (Å²) in [4.78, 5) is 22.1. The molecule has 8 heteroatoms. The van der Waals surface area contributed by atoms with Gasteiger partial charge in [-0.05, 0) is 56.4 Å². The highest BCUT2D eigenvalue weighted by atomic mass is 19.4. The molecular formula is C24H27F3N4O. The number of nitrogens with zero attached hydrogens (tertiary/aromatic N) is 2. The summed E-state index contributed by atoms with van der Waals surface area (Å²) in [6.07, 6.45) is -0.640. The first-order chi connectivity index (χ1) is 15.3. The van der Waals surface area contributed by atoms with Crippen LogP contribution in [0.4, 0.5) is 13.2 Å². The maximum absolute atomic E-state index is 13.2. The number of aromatic nitrogens is 2. The van der Waals surface area contributed by atoms with Gasteiger partial charge in [0, 0.05) is 25.2 Å². The van der Waals surface area contributed by atoms with E-state index in [1.54, 1.807) is 4.90 Å². The lowest BCUT2D eigenvalue weighted by molar-refractivity contribution is -0.137. The fraction of sp³-hybridized carbons (Fsp3) is 0.417. The Morgan fingerprint density at radius 3 is 2.69 bits per heavy atom. The molecule has 0 spiro atoms. The van der Waals surface area contributed by atoms with Gasteiger partial charge in [-0.3, -0.25) is 4.79 Å². The van der Waals surface area contributed by atoms with Gasteiger partial charge in [-0.15, -0.1) is 0 Å². The number of hydrogen-bond donors (Lipinski definition) is 2. The normalized spacial score (nSPS) is 19.2. The number of hydrogen-bond acceptors (Lipinski definition) is 3. The van der Waals surface area contributed by atoms with Crippen LogP contribution in [0.25, 0.3) is 11.0 Å². The molecule has 0 saturated heterocycles. The predicted octanol–water partition coefficient (Wildman–Crippen LogP) is 5.14. The van der Waals surface area contributed by atoms with Crippen LogP contribution in [0.15, 0.2) is 48.5 Å². The molecule has 2 aromatic carbocycles. The second-order valence-corrected chi connectivity index (χ2v) is 8.29. The van der Waals surface area contributed by atoms with Crippen molar-refractivity contribution in [3.8, 4) is 0 Å². The minimum Gasteiger partial charge on any atom is -0.334 e. The first kappa shape index (κ1) is 22.3. The fourth-order valence-electron chi connectivity index (χ4n) is 4.48. The van der Waals surface area contributed by atoms with Gasteiger partial charge >= 0.3 is 6.18 Å². The van der Waals surface area contributed by atoms with Gasteiger partial charge in [0.25, 0.3) is 5.91 Å². The van der Waals surface area contributed by atoms with Crippen molar-refractivity contribution in [1.29, 1.82) is 0 Å². The third kappa shape index (κ3) is 4.96. The largest absolute Gasteiger partial charge is 0.416 e. The number of carbonyl (C=O) groups excluding carboxylic acids is 1. The van der Waals surface area contributed by atoms with E-state index in [1.165, 1.54) is 11.6 Å². The first-order valence-corrected chi connectivity index (χ1v) is 11.0. The molecule has 1 aromatic heterocycles. The zero-order valence-corrected chi connectivity index (χ0v) is 18.0. The van der Waals surface area contributed by atoms with Crippen molar-refractivity contribution in [3.05, 3.63) is 65.5 Å². The summed E-state index contributed by atoms with van der Waals surface area (Å²) in [6.45, 7) is 3.21. The molecule has 0 aliphatic heterocycles. The Labute approximate surface area is 185 Å². The third-order valence-electron chi connectivity index (χ3n) is 6.14. The summed E-state index contributed by atoms with van der Waals surface area (Å²) in [5, 5.41) is 3.60. The van der Waals surface area contributed by atoms with Crippen LogP contribution in [-0.2, 0) is 12.7 Å². The molecule has 1 aliphatic carbocycles. The Balaban J connectivity index is 1.46. The number of amides is 1. The lowest BCUT2D eigenvalue weighted by atomic mass is 9.89. The molecule has 3 aromatic rings. The van der Waals surface area contributed by atoms with Crippen LogP contribution in [0.1, 0.15) is 54.4 Å². The molecule has 0 bridgehead atoms. The Morgan fingerprint density at radius 2 is 1.97 bits per heavy atom. The lowest BCUT2D eigenvalue weighted by Gasteiger charge is -2.37. The van der Waals surface area contributed by atoms with Gasteiger partial charge in [-0.1, -0.05) is 30.3 Å². The maximum atomic E-state index is 13.2. The standard InChI is InChI=1S/C24H27F3N4O/c1-2-31(19-10-6-9-18(14-19)28-15-16-7-4-3-5-8-16)23(32)22-29-20-12-11-17(24(25,26)27)13-21(20)30-22/h3-5,7-8,11-13,18-19,28H,2,6,9-10,14-15H2,1H3,(H,29,30). The van der Waals surface area contributed by atoms with Crippen molar-refractivity contribution in [2.45, 2.75) is 57.4 Å². The molecule has 32 heavy (non-hydrogen) atoms. The van der Waals surface area contributed by atoms with E-state index < -0.39 is 11.7 Å². The van der Waals surface area contributed by atoms with E-state index in [-0.39, 0.29) is 23.3 Å². The summed E-state index contributed by atoms with van der Waals surface area (Å²) in [6, 6.07) is 13.9. The van der Waals surface area contributed by atoms with E-state index in [1.807, 2.05) is 25.1 Å². The average molecular weight is 445 g/mol. The number of benzene rings is 2. The summed E-state index contributed by atoms with van der Waals surface area (Å²) in [5.41, 5.74) is 1.01. The molecule has 1 fully saturated rings. The monoisotopic (exact) mass is 444 g/mol. The highest BCUT2D eigenvalue weighted by Gasteiger charge is 2.32. The number of aromatic amines is 1. The molecule has 2 atom stereocenters. The minimum atomic E-state index is -4.45. The van der Waals surface area contributed by atoms with Crippen molar-refractivity contribution >= 4 is 16.9 Å². The topological polar surface area (TPSA) is 61.0 Å². The van der Waals surface area contributed by atoms with Crippen LogP contribution >= 0.6 is 0 Å². The van der Waals surface area contributed by atoms with Crippen molar-refractivity contribution in [1.82, 2.24) is 20.2 Å². The maximum Gasteiger partial charge on any atom is 0.416 e. The quantitative estimate of drug-likeness (QED) is 0.553. The number of H-pyrrole nitrogens is 1. The number of rotatable bonds is 6. The number of alkyl halides is 3. The van der Waals surface area contributed by atoms with Crippen molar-refractivity contribution in [2.24, 2.45) is 0 Å². The van der Waals surface area contributed by atoms with Crippen LogP contribution in [0.2, 0.25) is 0 Å². The summed E-state index contributed by atoms with van der Waals surface area (Å²) >= 11 is 0.